The fourth-order valence-corrected chi connectivity index (χ4v) is 2.11. The summed E-state index contributed by atoms with van der Waals surface area (Å²) >= 11 is 0. The van der Waals surface area contributed by atoms with Crippen LogP contribution in [0, 0.1) is 5.92 Å². The van der Waals surface area contributed by atoms with Crippen LogP contribution in [0.15, 0.2) is 30.3 Å². The van der Waals surface area contributed by atoms with Gasteiger partial charge >= 0.3 is 0 Å². The first-order valence-electron chi connectivity index (χ1n) is 5.27. The summed E-state index contributed by atoms with van der Waals surface area (Å²) in [6, 6.07) is 10.5. The Morgan fingerprint density at radius 3 is 2.71 bits per heavy atom. The maximum absolute atomic E-state index is 9.50. The zero-order valence-corrected chi connectivity index (χ0v) is 8.32. The van der Waals surface area contributed by atoms with Gasteiger partial charge < -0.3 is 10.4 Å². The first-order chi connectivity index (χ1) is 6.84. The fourth-order valence-electron chi connectivity index (χ4n) is 2.11. The van der Waals surface area contributed by atoms with Crippen LogP contribution < -0.4 is 5.32 Å². The summed E-state index contributed by atoms with van der Waals surface area (Å²) in [7, 11) is 0. The Morgan fingerprint density at radius 1 is 1.21 bits per heavy atom. The minimum Gasteiger partial charge on any atom is -0.392 e. The Labute approximate surface area is 85.0 Å². The second kappa shape index (κ2) is 4.58. The third-order valence-electron chi connectivity index (χ3n) is 2.79. The molecule has 2 rings (SSSR count). The van der Waals surface area contributed by atoms with Crippen molar-refractivity contribution in [2.45, 2.75) is 18.9 Å². The van der Waals surface area contributed by atoms with Gasteiger partial charge in [0.25, 0.3) is 0 Å². The first kappa shape index (κ1) is 9.69. The largest absolute Gasteiger partial charge is 0.392 e. The van der Waals surface area contributed by atoms with Crippen molar-refractivity contribution < 1.29 is 5.11 Å². The lowest BCUT2D eigenvalue weighted by atomic mass is 9.91. The van der Waals surface area contributed by atoms with Crippen LogP contribution in [0.3, 0.4) is 0 Å². The minimum absolute atomic E-state index is 0.155. The van der Waals surface area contributed by atoms with Crippen LogP contribution >= 0.6 is 0 Å². The molecule has 1 saturated heterocycles. The highest BCUT2D eigenvalue weighted by Crippen LogP contribution is 2.16. The van der Waals surface area contributed by atoms with Gasteiger partial charge in [-0.1, -0.05) is 30.3 Å². The highest BCUT2D eigenvalue weighted by atomic mass is 16.3. The summed E-state index contributed by atoms with van der Waals surface area (Å²) in [6.07, 6.45) is 1.85. The van der Waals surface area contributed by atoms with Gasteiger partial charge in [0.1, 0.15) is 0 Å². The number of β-amino-alcohol motifs (C(OH)–C–C–N with tert-alkyl or cyclic N) is 1. The third kappa shape index (κ3) is 2.56. The summed E-state index contributed by atoms with van der Waals surface area (Å²) in [5, 5.41) is 12.7. The SMILES string of the molecule is OC1CNC[C@H](Cc2ccccc2)C1. The van der Waals surface area contributed by atoms with Gasteiger partial charge in [-0.2, -0.15) is 0 Å². The average molecular weight is 191 g/mol. The van der Waals surface area contributed by atoms with Crippen molar-refractivity contribution in [2.24, 2.45) is 5.92 Å². The number of aliphatic hydroxyl groups excluding tert-OH is 1. The number of nitrogens with one attached hydrogen (secondary N) is 1. The Balaban J connectivity index is 1.91. The van der Waals surface area contributed by atoms with Crippen molar-refractivity contribution in [1.82, 2.24) is 5.32 Å². The lowest BCUT2D eigenvalue weighted by Crippen LogP contribution is -2.40. The van der Waals surface area contributed by atoms with E-state index in [4.69, 9.17) is 0 Å². The molecule has 1 aliphatic heterocycles. The van der Waals surface area contributed by atoms with Crippen molar-refractivity contribution in [3.63, 3.8) is 0 Å². The normalized spacial score (nSPS) is 27.5. The van der Waals surface area contributed by atoms with E-state index in [1.54, 1.807) is 0 Å². The summed E-state index contributed by atoms with van der Waals surface area (Å²) in [5.41, 5.74) is 1.37. The van der Waals surface area contributed by atoms with Gasteiger partial charge in [-0.3, -0.25) is 0 Å². The second-order valence-corrected chi connectivity index (χ2v) is 4.10. The molecule has 1 aromatic carbocycles. The van der Waals surface area contributed by atoms with Gasteiger partial charge in [-0.05, 0) is 30.9 Å². The summed E-state index contributed by atoms with van der Waals surface area (Å²) < 4.78 is 0. The number of rotatable bonds is 2. The van der Waals surface area contributed by atoms with Crippen molar-refractivity contribution in [1.29, 1.82) is 0 Å². The van der Waals surface area contributed by atoms with Crippen LogP contribution in [0.1, 0.15) is 12.0 Å². The lowest BCUT2D eigenvalue weighted by molar-refractivity contribution is 0.114. The van der Waals surface area contributed by atoms with E-state index in [2.05, 4.69) is 29.6 Å². The second-order valence-electron chi connectivity index (χ2n) is 4.10. The van der Waals surface area contributed by atoms with Gasteiger partial charge in [0.2, 0.25) is 0 Å². The van der Waals surface area contributed by atoms with Crippen molar-refractivity contribution >= 4 is 0 Å². The molecule has 2 atom stereocenters. The number of benzene rings is 1. The van der Waals surface area contributed by atoms with Crippen molar-refractivity contribution in [3.05, 3.63) is 35.9 Å². The van der Waals surface area contributed by atoms with Crippen molar-refractivity contribution in [3.8, 4) is 0 Å². The van der Waals surface area contributed by atoms with E-state index >= 15 is 0 Å². The predicted molar refractivity (Wildman–Crippen MR) is 57.1 cm³/mol. The van der Waals surface area contributed by atoms with Crippen LogP contribution in [0.4, 0.5) is 0 Å². The van der Waals surface area contributed by atoms with E-state index in [1.807, 2.05) is 6.07 Å². The molecular weight excluding hydrogens is 174 g/mol. The quantitative estimate of drug-likeness (QED) is 0.736. The third-order valence-corrected chi connectivity index (χ3v) is 2.79. The van der Waals surface area contributed by atoms with E-state index in [0.717, 1.165) is 25.9 Å². The van der Waals surface area contributed by atoms with Gasteiger partial charge in [-0.25, -0.2) is 0 Å². The van der Waals surface area contributed by atoms with Gasteiger partial charge in [0, 0.05) is 6.54 Å². The number of piperidine rings is 1. The molecular formula is C12H17NO. The average Bonchev–Trinajstić information content (AvgIpc) is 2.19. The van der Waals surface area contributed by atoms with Crippen LogP contribution in [0.2, 0.25) is 0 Å². The van der Waals surface area contributed by atoms with Crippen LogP contribution in [0.25, 0.3) is 0 Å². The van der Waals surface area contributed by atoms with E-state index < -0.39 is 0 Å². The molecule has 1 aliphatic rings. The molecule has 0 bridgehead atoms. The molecule has 76 valence electrons. The predicted octanol–water partition coefficient (Wildman–Crippen LogP) is 1.20. The summed E-state index contributed by atoms with van der Waals surface area (Å²) in [6.45, 7) is 1.79. The molecule has 0 radical (unpaired) electrons. The summed E-state index contributed by atoms with van der Waals surface area (Å²) in [5.74, 6) is 0.584. The smallest absolute Gasteiger partial charge is 0.0667 e. The molecule has 2 N–H and O–H groups in total. The summed E-state index contributed by atoms with van der Waals surface area (Å²) in [4.78, 5) is 0. The molecule has 1 unspecified atom stereocenters. The topological polar surface area (TPSA) is 32.3 Å². The Hall–Kier alpha value is -0.860. The van der Waals surface area contributed by atoms with E-state index in [1.165, 1.54) is 5.56 Å². The molecule has 0 amide bonds. The first-order valence-corrected chi connectivity index (χ1v) is 5.27. The Bertz CT molecular complexity index is 273. The number of hydrogen-bond donors (Lipinski definition) is 2. The van der Waals surface area contributed by atoms with Gasteiger partial charge in [0.15, 0.2) is 0 Å². The molecule has 2 nitrogen and oxygen atoms in total. The van der Waals surface area contributed by atoms with Crippen LogP contribution in [-0.2, 0) is 6.42 Å². The maximum atomic E-state index is 9.50. The number of hydrogen-bond acceptors (Lipinski definition) is 2. The molecule has 0 aromatic heterocycles. The zero-order valence-electron chi connectivity index (χ0n) is 8.32. The highest BCUT2D eigenvalue weighted by molar-refractivity contribution is 5.15. The standard InChI is InChI=1S/C12H17NO/c14-12-7-11(8-13-9-12)6-10-4-2-1-3-5-10/h1-5,11-14H,6-9H2/t11-,12?/m1/s1. The molecule has 0 saturated carbocycles. The molecule has 1 heterocycles. The van der Waals surface area contributed by atoms with Crippen LogP contribution in [0.5, 0.6) is 0 Å². The van der Waals surface area contributed by atoms with E-state index in [9.17, 15) is 5.11 Å². The minimum atomic E-state index is -0.155. The number of aliphatic hydroxyl groups is 1. The zero-order chi connectivity index (χ0) is 9.80. The van der Waals surface area contributed by atoms with Crippen LogP contribution in [-0.4, -0.2) is 24.3 Å². The molecule has 14 heavy (non-hydrogen) atoms. The van der Waals surface area contributed by atoms with E-state index in [-0.39, 0.29) is 6.10 Å². The maximum Gasteiger partial charge on any atom is 0.0667 e. The molecule has 0 spiro atoms. The molecule has 0 aliphatic carbocycles. The highest BCUT2D eigenvalue weighted by Gasteiger charge is 2.19. The molecule has 1 fully saturated rings. The van der Waals surface area contributed by atoms with Crippen molar-refractivity contribution in [2.75, 3.05) is 13.1 Å². The van der Waals surface area contributed by atoms with Gasteiger partial charge in [-0.15, -0.1) is 0 Å². The Kier molecular flexibility index (Phi) is 3.17. The molecule has 1 aromatic rings. The fraction of sp³-hybridized carbons (Fsp3) is 0.500. The lowest BCUT2D eigenvalue weighted by Gasteiger charge is -2.26. The monoisotopic (exact) mass is 191 g/mol. The molecule has 2 heteroatoms. The Morgan fingerprint density at radius 2 is 2.00 bits per heavy atom. The van der Waals surface area contributed by atoms with Gasteiger partial charge in [0.05, 0.1) is 6.10 Å². The van der Waals surface area contributed by atoms with E-state index in [0.29, 0.717) is 5.92 Å².